The molecule has 0 amide bonds. The van der Waals surface area contributed by atoms with Gasteiger partial charge >= 0.3 is 5.97 Å². The molecule has 0 aliphatic rings. The minimum atomic E-state index is -1.67. The normalized spacial score (nSPS) is 13.2. The first kappa shape index (κ1) is 7.40. The number of hydrogen-bond donors (Lipinski definition) is 1. The van der Waals surface area contributed by atoms with Gasteiger partial charge in [-0.15, -0.1) is 0 Å². The molecular weight excluding hydrogens is 111 g/mol. The van der Waals surface area contributed by atoms with Crippen LogP contribution in [0.15, 0.2) is 0 Å². The Labute approximate surface area is 47.3 Å². The molecule has 0 aliphatic carbocycles. The van der Waals surface area contributed by atoms with Crippen LogP contribution in [0.3, 0.4) is 0 Å². The van der Waals surface area contributed by atoms with Crippen molar-refractivity contribution in [2.75, 3.05) is 0 Å². The van der Waals surface area contributed by atoms with Crippen LogP contribution < -0.4 is 0 Å². The first-order valence-electron chi connectivity index (χ1n) is 2.55. The van der Waals surface area contributed by atoms with Crippen molar-refractivity contribution in [2.24, 2.45) is 0 Å². The predicted octanol–water partition coefficient (Wildman–Crippen LogP) is 1.21. The Bertz CT molecular complexity index is 82.5. The van der Waals surface area contributed by atoms with E-state index in [1.54, 1.807) is 6.92 Å². The van der Waals surface area contributed by atoms with Gasteiger partial charge in [-0.25, -0.2) is 9.18 Å². The molecular formula is C5H9FO2. The Kier molecular flexibility index (Phi) is 3.15. The SMILES string of the molecule is CCCC(F)C(=O)O. The monoisotopic (exact) mass is 120 g/mol. The van der Waals surface area contributed by atoms with Crippen LogP contribution in [0.5, 0.6) is 0 Å². The lowest BCUT2D eigenvalue weighted by atomic mass is 10.2. The van der Waals surface area contributed by atoms with Gasteiger partial charge in [0.2, 0.25) is 0 Å². The summed E-state index contributed by atoms with van der Waals surface area (Å²) >= 11 is 0. The van der Waals surface area contributed by atoms with Crippen molar-refractivity contribution in [3.05, 3.63) is 0 Å². The number of halogens is 1. The van der Waals surface area contributed by atoms with Crippen LogP contribution in [0.25, 0.3) is 0 Å². The van der Waals surface area contributed by atoms with Crippen LogP contribution in [0.2, 0.25) is 0 Å². The van der Waals surface area contributed by atoms with E-state index in [9.17, 15) is 9.18 Å². The molecule has 0 bridgehead atoms. The Hall–Kier alpha value is -0.600. The van der Waals surface area contributed by atoms with E-state index in [0.717, 1.165) is 0 Å². The molecule has 0 rings (SSSR count). The van der Waals surface area contributed by atoms with Crippen LogP contribution in [0, 0.1) is 0 Å². The summed E-state index contributed by atoms with van der Waals surface area (Å²) in [6.07, 6.45) is -0.969. The second kappa shape index (κ2) is 3.41. The van der Waals surface area contributed by atoms with Gasteiger partial charge in [-0.3, -0.25) is 0 Å². The fraction of sp³-hybridized carbons (Fsp3) is 0.800. The second-order valence-electron chi connectivity index (χ2n) is 1.59. The summed E-state index contributed by atoms with van der Waals surface area (Å²) in [4.78, 5) is 9.71. The van der Waals surface area contributed by atoms with E-state index in [1.807, 2.05) is 0 Å². The van der Waals surface area contributed by atoms with Gasteiger partial charge in [0.1, 0.15) is 0 Å². The summed E-state index contributed by atoms with van der Waals surface area (Å²) in [5, 5.41) is 7.94. The van der Waals surface area contributed by atoms with Crippen LogP contribution in [0.1, 0.15) is 19.8 Å². The molecule has 2 nitrogen and oxygen atoms in total. The van der Waals surface area contributed by atoms with Gasteiger partial charge in [0.05, 0.1) is 0 Å². The number of hydrogen-bond acceptors (Lipinski definition) is 1. The standard InChI is InChI=1S/C5H9FO2/c1-2-3-4(6)5(7)8/h4H,2-3H2,1H3,(H,7,8). The van der Waals surface area contributed by atoms with Crippen LogP contribution in [0.4, 0.5) is 4.39 Å². The summed E-state index contributed by atoms with van der Waals surface area (Å²) in [6.45, 7) is 1.75. The third kappa shape index (κ3) is 2.55. The molecule has 0 spiro atoms. The molecule has 0 fully saturated rings. The predicted molar refractivity (Wildman–Crippen MR) is 27.4 cm³/mol. The van der Waals surface area contributed by atoms with Gasteiger partial charge in [-0.2, -0.15) is 0 Å². The molecule has 0 aromatic heterocycles. The van der Waals surface area contributed by atoms with Crippen molar-refractivity contribution < 1.29 is 14.3 Å². The molecule has 8 heavy (non-hydrogen) atoms. The van der Waals surface area contributed by atoms with Crippen molar-refractivity contribution in [1.82, 2.24) is 0 Å². The summed E-state index contributed by atoms with van der Waals surface area (Å²) in [5.41, 5.74) is 0. The van der Waals surface area contributed by atoms with Gasteiger partial charge in [-0.1, -0.05) is 13.3 Å². The van der Waals surface area contributed by atoms with E-state index in [2.05, 4.69) is 0 Å². The Morgan fingerprint density at radius 2 is 2.38 bits per heavy atom. The number of carboxylic acids is 1. The first-order valence-corrected chi connectivity index (χ1v) is 2.55. The lowest BCUT2D eigenvalue weighted by molar-refractivity contribution is -0.143. The second-order valence-corrected chi connectivity index (χ2v) is 1.59. The molecule has 0 saturated heterocycles. The van der Waals surface area contributed by atoms with Gasteiger partial charge < -0.3 is 5.11 Å². The summed E-state index contributed by atoms with van der Waals surface area (Å²) in [7, 11) is 0. The third-order valence-corrected chi connectivity index (χ3v) is 0.810. The minimum Gasteiger partial charge on any atom is -0.479 e. The Morgan fingerprint density at radius 1 is 1.88 bits per heavy atom. The zero-order chi connectivity index (χ0) is 6.57. The summed E-state index contributed by atoms with van der Waals surface area (Å²) in [5.74, 6) is -1.35. The highest BCUT2D eigenvalue weighted by Gasteiger charge is 2.12. The van der Waals surface area contributed by atoms with Gasteiger partial charge in [0.25, 0.3) is 0 Å². The maximum absolute atomic E-state index is 11.9. The number of rotatable bonds is 3. The average molecular weight is 120 g/mol. The van der Waals surface area contributed by atoms with Crippen molar-refractivity contribution in [3.63, 3.8) is 0 Å². The van der Waals surface area contributed by atoms with Crippen LogP contribution in [-0.2, 0) is 4.79 Å². The fourth-order valence-electron chi connectivity index (χ4n) is 0.377. The molecule has 0 aliphatic heterocycles. The summed E-state index contributed by atoms with van der Waals surface area (Å²) < 4.78 is 11.9. The van der Waals surface area contributed by atoms with Crippen molar-refractivity contribution in [3.8, 4) is 0 Å². The average Bonchev–Trinajstić information content (AvgIpc) is 1.67. The lowest BCUT2D eigenvalue weighted by Crippen LogP contribution is -2.13. The van der Waals surface area contributed by atoms with Crippen LogP contribution >= 0.6 is 0 Å². The lowest BCUT2D eigenvalue weighted by Gasteiger charge is -1.96. The highest BCUT2D eigenvalue weighted by molar-refractivity contribution is 5.71. The summed E-state index contributed by atoms with van der Waals surface area (Å²) in [6, 6.07) is 0. The number of carbonyl (C=O) groups is 1. The molecule has 48 valence electrons. The molecule has 1 unspecified atom stereocenters. The van der Waals surface area contributed by atoms with Gasteiger partial charge in [0, 0.05) is 0 Å². The maximum atomic E-state index is 11.9. The smallest absolute Gasteiger partial charge is 0.338 e. The molecule has 0 aromatic carbocycles. The Balaban J connectivity index is 3.32. The zero-order valence-corrected chi connectivity index (χ0v) is 4.72. The Morgan fingerprint density at radius 3 is 2.50 bits per heavy atom. The van der Waals surface area contributed by atoms with Crippen molar-refractivity contribution in [2.45, 2.75) is 25.9 Å². The van der Waals surface area contributed by atoms with Crippen molar-refractivity contribution in [1.29, 1.82) is 0 Å². The number of aliphatic carboxylic acids is 1. The highest BCUT2D eigenvalue weighted by atomic mass is 19.1. The third-order valence-electron chi connectivity index (χ3n) is 0.810. The first-order chi connectivity index (χ1) is 3.68. The number of carboxylic acid groups (broad SMARTS) is 1. The van der Waals surface area contributed by atoms with Crippen LogP contribution in [-0.4, -0.2) is 17.2 Å². The fourth-order valence-corrected chi connectivity index (χ4v) is 0.377. The quantitative estimate of drug-likeness (QED) is 0.607. The van der Waals surface area contributed by atoms with Gasteiger partial charge in [-0.05, 0) is 6.42 Å². The molecule has 1 N–H and O–H groups in total. The van der Waals surface area contributed by atoms with Gasteiger partial charge in [0.15, 0.2) is 6.17 Å². The minimum absolute atomic E-state index is 0.120. The maximum Gasteiger partial charge on any atom is 0.338 e. The largest absolute Gasteiger partial charge is 0.479 e. The van der Waals surface area contributed by atoms with Crippen molar-refractivity contribution >= 4 is 5.97 Å². The molecule has 0 aromatic rings. The number of alkyl halides is 1. The molecule has 0 radical (unpaired) electrons. The molecule has 3 heteroatoms. The molecule has 0 heterocycles. The zero-order valence-electron chi connectivity index (χ0n) is 4.72. The van der Waals surface area contributed by atoms with E-state index in [4.69, 9.17) is 5.11 Å². The van der Waals surface area contributed by atoms with E-state index in [-0.39, 0.29) is 6.42 Å². The van der Waals surface area contributed by atoms with E-state index in [1.165, 1.54) is 0 Å². The van der Waals surface area contributed by atoms with E-state index < -0.39 is 12.1 Å². The highest BCUT2D eigenvalue weighted by Crippen LogP contribution is 1.99. The molecule has 0 saturated carbocycles. The molecule has 1 atom stereocenters. The van der Waals surface area contributed by atoms with E-state index in [0.29, 0.717) is 6.42 Å². The topological polar surface area (TPSA) is 37.3 Å². The van der Waals surface area contributed by atoms with E-state index >= 15 is 0 Å².